The molecule has 0 bridgehead atoms. The molecule has 0 N–H and O–H groups in total. The molecule has 7 heteroatoms. The van der Waals surface area contributed by atoms with Gasteiger partial charge in [0.25, 0.3) is 5.91 Å². The molecule has 3 aromatic rings. The van der Waals surface area contributed by atoms with Gasteiger partial charge in [-0.3, -0.25) is 9.69 Å². The minimum absolute atomic E-state index is 0.121. The van der Waals surface area contributed by atoms with E-state index < -0.39 is 0 Å². The van der Waals surface area contributed by atoms with Gasteiger partial charge in [0.05, 0.1) is 10.2 Å². The first kappa shape index (κ1) is 16.2. The summed E-state index contributed by atoms with van der Waals surface area (Å²) in [5, 5.41) is 1.28. The number of carbonyl (C=O) groups excluding carboxylic acids is 1. The van der Waals surface area contributed by atoms with Crippen molar-refractivity contribution in [2.75, 3.05) is 24.7 Å². The molecule has 5 nitrogen and oxygen atoms in total. The summed E-state index contributed by atoms with van der Waals surface area (Å²) in [5.41, 5.74) is 1.34. The minimum atomic E-state index is -0.121. The van der Waals surface area contributed by atoms with E-state index in [1.54, 1.807) is 29.2 Å². The molecule has 1 amide bonds. The van der Waals surface area contributed by atoms with Crippen LogP contribution in [0.1, 0.15) is 17.3 Å². The lowest BCUT2D eigenvalue weighted by atomic mass is 10.1. The fraction of sp³-hybridized carbons (Fsp3) is 0.222. The number of aromatic nitrogens is 1. The Morgan fingerprint density at radius 3 is 2.80 bits per heavy atom. The molecular weight excluding hydrogens is 360 g/mol. The Morgan fingerprint density at radius 1 is 1.20 bits per heavy atom. The molecule has 2 aromatic carbocycles. The number of nitrogens with zero attached hydrogens (tertiary/aromatic N) is 2. The molecule has 0 aliphatic carbocycles. The third-order valence-corrected chi connectivity index (χ3v) is 5.21. The van der Waals surface area contributed by atoms with Gasteiger partial charge in [-0.05, 0) is 43.3 Å². The van der Waals surface area contributed by atoms with Gasteiger partial charge in [0, 0.05) is 17.1 Å². The molecule has 1 aliphatic heterocycles. The highest BCUT2D eigenvalue weighted by molar-refractivity contribution is 7.22. The Labute approximate surface area is 153 Å². The van der Waals surface area contributed by atoms with Gasteiger partial charge >= 0.3 is 0 Å². The van der Waals surface area contributed by atoms with Crippen LogP contribution in [0.15, 0.2) is 36.4 Å². The lowest BCUT2D eigenvalue weighted by Crippen LogP contribution is -2.30. The molecule has 0 atom stereocenters. The summed E-state index contributed by atoms with van der Waals surface area (Å²) in [6.45, 7) is 3.45. The minimum Gasteiger partial charge on any atom is -0.486 e. The fourth-order valence-electron chi connectivity index (χ4n) is 2.70. The van der Waals surface area contributed by atoms with Gasteiger partial charge in [0.15, 0.2) is 16.6 Å². The zero-order chi connectivity index (χ0) is 17.4. The molecule has 1 aliphatic rings. The quantitative estimate of drug-likeness (QED) is 0.682. The topological polar surface area (TPSA) is 51.7 Å². The molecule has 0 saturated carbocycles. The van der Waals surface area contributed by atoms with Gasteiger partial charge in [0.2, 0.25) is 0 Å². The van der Waals surface area contributed by atoms with Gasteiger partial charge in [0.1, 0.15) is 13.2 Å². The van der Waals surface area contributed by atoms with Crippen molar-refractivity contribution in [3.05, 3.63) is 47.0 Å². The van der Waals surface area contributed by atoms with Crippen LogP contribution >= 0.6 is 22.9 Å². The highest BCUT2D eigenvalue weighted by atomic mass is 35.5. The van der Waals surface area contributed by atoms with E-state index in [0.717, 1.165) is 10.2 Å². The van der Waals surface area contributed by atoms with Gasteiger partial charge in [-0.1, -0.05) is 22.9 Å². The largest absolute Gasteiger partial charge is 0.486 e. The van der Waals surface area contributed by atoms with E-state index in [1.165, 1.54) is 11.3 Å². The Balaban J connectivity index is 1.68. The van der Waals surface area contributed by atoms with Gasteiger partial charge in [-0.2, -0.15) is 0 Å². The number of rotatable bonds is 3. The maximum Gasteiger partial charge on any atom is 0.260 e. The predicted molar refractivity (Wildman–Crippen MR) is 99.4 cm³/mol. The fourth-order valence-corrected chi connectivity index (χ4v) is 3.88. The zero-order valence-corrected chi connectivity index (χ0v) is 15.1. The number of fused-ring (bicyclic) bond motifs is 2. The second kappa shape index (κ2) is 6.54. The number of halogens is 1. The van der Waals surface area contributed by atoms with Gasteiger partial charge in [-0.25, -0.2) is 4.98 Å². The molecule has 0 fully saturated rings. The van der Waals surface area contributed by atoms with Crippen LogP contribution in [0, 0.1) is 0 Å². The number of amides is 1. The number of carbonyl (C=O) groups is 1. The third kappa shape index (κ3) is 3.03. The molecular formula is C18H15ClN2O3S. The monoisotopic (exact) mass is 374 g/mol. The number of thiazole rings is 1. The highest BCUT2D eigenvalue weighted by Crippen LogP contribution is 2.34. The average molecular weight is 375 g/mol. The maximum absolute atomic E-state index is 13.0. The second-order valence-electron chi connectivity index (χ2n) is 5.52. The van der Waals surface area contributed by atoms with E-state index in [0.29, 0.717) is 47.0 Å². The number of ether oxygens (including phenoxy) is 2. The molecule has 0 spiro atoms. The van der Waals surface area contributed by atoms with Gasteiger partial charge in [-0.15, -0.1) is 0 Å². The van der Waals surface area contributed by atoms with Crippen molar-refractivity contribution in [1.82, 2.24) is 4.98 Å². The first-order valence-electron chi connectivity index (χ1n) is 7.93. The summed E-state index contributed by atoms with van der Waals surface area (Å²) < 4.78 is 12.1. The molecule has 128 valence electrons. The Kier molecular flexibility index (Phi) is 4.23. The standard InChI is InChI=1S/C18H15ClN2O3S/c1-2-21(18-20-13-10-12(19)4-6-16(13)25-18)17(22)11-3-5-14-15(9-11)24-8-7-23-14/h3-6,9-10H,2,7-8H2,1H3. The van der Waals surface area contributed by atoms with E-state index in [4.69, 9.17) is 21.1 Å². The molecule has 0 radical (unpaired) electrons. The predicted octanol–water partition coefficient (Wildman–Crippen LogP) is 4.39. The summed E-state index contributed by atoms with van der Waals surface area (Å²) in [5.74, 6) is 1.15. The van der Waals surface area contributed by atoms with Crippen molar-refractivity contribution >= 4 is 44.2 Å². The van der Waals surface area contributed by atoms with Crippen molar-refractivity contribution in [3.8, 4) is 11.5 Å². The SMILES string of the molecule is CCN(C(=O)c1ccc2c(c1)OCCO2)c1nc2cc(Cl)ccc2s1. The Hall–Kier alpha value is -2.31. The van der Waals surface area contributed by atoms with E-state index in [2.05, 4.69) is 4.98 Å². The molecule has 4 rings (SSSR count). The van der Waals surface area contributed by atoms with Crippen LogP contribution in [0.3, 0.4) is 0 Å². The van der Waals surface area contributed by atoms with E-state index in [-0.39, 0.29) is 5.91 Å². The third-order valence-electron chi connectivity index (χ3n) is 3.92. The van der Waals surface area contributed by atoms with Crippen LogP contribution in [0.25, 0.3) is 10.2 Å². The summed E-state index contributed by atoms with van der Waals surface area (Å²) in [6, 6.07) is 10.8. The van der Waals surface area contributed by atoms with E-state index >= 15 is 0 Å². The molecule has 0 saturated heterocycles. The molecule has 25 heavy (non-hydrogen) atoms. The van der Waals surface area contributed by atoms with E-state index in [1.807, 2.05) is 19.1 Å². The van der Waals surface area contributed by atoms with Crippen molar-refractivity contribution < 1.29 is 14.3 Å². The summed E-state index contributed by atoms with van der Waals surface area (Å²) in [6.07, 6.45) is 0. The van der Waals surface area contributed by atoms with Crippen LogP contribution in [-0.2, 0) is 0 Å². The maximum atomic E-state index is 13.0. The number of hydrogen-bond acceptors (Lipinski definition) is 5. The summed E-state index contributed by atoms with van der Waals surface area (Å²) in [7, 11) is 0. The normalized spacial score (nSPS) is 13.0. The number of anilines is 1. The summed E-state index contributed by atoms with van der Waals surface area (Å²) in [4.78, 5) is 19.2. The first-order chi connectivity index (χ1) is 12.2. The molecule has 2 heterocycles. The Morgan fingerprint density at radius 2 is 2.00 bits per heavy atom. The van der Waals surface area contributed by atoms with E-state index in [9.17, 15) is 4.79 Å². The lowest BCUT2D eigenvalue weighted by Gasteiger charge is -2.21. The second-order valence-corrected chi connectivity index (χ2v) is 6.96. The number of hydrogen-bond donors (Lipinski definition) is 0. The van der Waals surface area contributed by atoms with Crippen LogP contribution in [0.5, 0.6) is 11.5 Å². The van der Waals surface area contributed by atoms with Crippen LogP contribution in [-0.4, -0.2) is 30.6 Å². The molecule has 1 aromatic heterocycles. The number of benzene rings is 2. The molecule has 0 unspecified atom stereocenters. The lowest BCUT2D eigenvalue weighted by molar-refractivity contribution is 0.0987. The van der Waals surface area contributed by atoms with Crippen LogP contribution in [0.4, 0.5) is 5.13 Å². The van der Waals surface area contributed by atoms with Crippen molar-refractivity contribution in [3.63, 3.8) is 0 Å². The summed E-state index contributed by atoms with van der Waals surface area (Å²) >= 11 is 7.50. The first-order valence-corrected chi connectivity index (χ1v) is 9.13. The van der Waals surface area contributed by atoms with Gasteiger partial charge < -0.3 is 9.47 Å². The average Bonchev–Trinajstić information content (AvgIpc) is 3.04. The Bertz CT molecular complexity index is 957. The van der Waals surface area contributed by atoms with Crippen LogP contribution in [0.2, 0.25) is 5.02 Å². The van der Waals surface area contributed by atoms with Crippen molar-refractivity contribution in [2.24, 2.45) is 0 Å². The van der Waals surface area contributed by atoms with Crippen molar-refractivity contribution in [2.45, 2.75) is 6.92 Å². The zero-order valence-electron chi connectivity index (χ0n) is 13.5. The van der Waals surface area contributed by atoms with Crippen LogP contribution < -0.4 is 14.4 Å². The highest BCUT2D eigenvalue weighted by Gasteiger charge is 2.22. The smallest absolute Gasteiger partial charge is 0.260 e. The van der Waals surface area contributed by atoms with Crippen molar-refractivity contribution in [1.29, 1.82) is 0 Å².